The van der Waals surface area contributed by atoms with Crippen LogP contribution in [0.5, 0.6) is 0 Å². The Balaban J connectivity index is 2.31. The Bertz CT molecular complexity index is 584. The van der Waals surface area contributed by atoms with Crippen LogP contribution < -0.4 is 10.6 Å². The van der Waals surface area contributed by atoms with Crippen LogP contribution in [-0.2, 0) is 6.54 Å². The summed E-state index contributed by atoms with van der Waals surface area (Å²) in [5.74, 6) is 0.733. The second-order valence-corrected chi connectivity index (χ2v) is 5.46. The molecular weight excluding hydrogens is 293 g/mol. The lowest BCUT2D eigenvalue weighted by Gasteiger charge is -2.27. The number of hydrogen-bond acceptors (Lipinski definition) is 3. The van der Waals surface area contributed by atoms with Gasteiger partial charge in [-0.15, -0.1) is 0 Å². The van der Waals surface area contributed by atoms with Gasteiger partial charge in [-0.1, -0.05) is 35.3 Å². The van der Waals surface area contributed by atoms with E-state index >= 15 is 0 Å². The Labute approximate surface area is 129 Å². The highest BCUT2D eigenvalue weighted by atomic mass is 35.5. The predicted octanol–water partition coefficient (Wildman–Crippen LogP) is 4.04. The molecule has 0 radical (unpaired) electrons. The van der Waals surface area contributed by atoms with Gasteiger partial charge in [0.1, 0.15) is 5.82 Å². The van der Waals surface area contributed by atoms with E-state index in [1.165, 1.54) is 0 Å². The van der Waals surface area contributed by atoms with Crippen LogP contribution in [0.1, 0.15) is 24.1 Å². The number of rotatable bonds is 4. The van der Waals surface area contributed by atoms with Crippen LogP contribution in [0.2, 0.25) is 10.0 Å². The standard InChI is InChI=1S/C15H17Cl2N3/c1-10(11-3-5-13(16)6-4-11)20(2)15-14(17)12(9-18)7-8-19-15/h3-8,10H,9,18H2,1-2H3. The van der Waals surface area contributed by atoms with Crippen molar-refractivity contribution in [2.24, 2.45) is 5.73 Å². The number of aromatic nitrogens is 1. The third-order valence-electron chi connectivity index (χ3n) is 3.44. The lowest BCUT2D eigenvalue weighted by molar-refractivity contribution is 0.728. The molecule has 2 N–H and O–H groups in total. The number of anilines is 1. The zero-order valence-electron chi connectivity index (χ0n) is 11.5. The SMILES string of the molecule is CC(c1ccc(Cl)cc1)N(C)c1nccc(CN)c1Cl. The molecule has 0 bridgehead atoms. The van der Waals surface area contributed by atoms with E-state index in [1.807, 2.05) is 42.3 Å². The highest BCUT2D eigenvalue weighted by Gasteiger charge is 2.17. The molecule has 1 heterocycles. The first kappa shape index (κ1) is 15.1. The van der Waals surface area contributed by atoms with Crippen molar-refractivity contribution in [3.63, 3.8) is 0 Å². The molecule has 0 saturated heterocycles. The van der Waals surface area contributed by atoms with E-state index in [1.54, 1.807) is 6.20 Å². The van der Waals surface area contributed by atoms with Crippen molar-refractivity contribution in [3.05, 3.63) is 57.7 Å². The zero-order valence-corrected chi connectivity index (χ0v) is 13.0. The van der Waals surface area contributed by atoms with Gasteiger partial charge in [0.25, 0.3) is 0 Å². The summed E-state index contributed by atoms with van der Waals surface area (Å²) in [4.78, 5) is 6.40. The van der Waals surface area contributed by atoms with Crippen LogP contribution in [0.25, 0.3) is 0 Å². The molecular formula is C15H17Cl2N3. The van der Waals surface area contributed by atoms with Gasteiger partial charge in [-0.25, -0.2) is 4.98 Å². The van der Waals surface area contributed by atoms with E-state index in [0.29, 0.717) is 11.6 Å². The lowest BCUT2D eigenvalue weighted by Crippen LogP contribution is -2.23. The first-order valence-corrected chi connectivity index (χ1v) is 7.12. The molecule has 5 heteroatoms. The fourth-order valence-electron chi connectivity index (χ4n) is 2.02. The molecule has 2 aromatic rings. The fourth-order valence-corrected chi connectivity index (χ4v) is 2.47. The highest BCUT2D eigenvalue weighted by Crippen LogP contribution is 2.31. The third kappa shape index (κ3) is 3.06. The predicted molar refractivity (Wildman–Crippen MR) is 85.4 cm³/mol. The normalized spacial score (nSPS) is 12.2. The second-order valence-electron chi connectivity index (χ2n) is 4.65. The summed E-state index contributed by atoms with van der Waals surface area (Å²) in [6.07, 6.45) is 1.73. The maximum atomic E-state index is 6.36. The molecule has 3 nitrogen and oxygen atoms in total. The largest absolute Gasteiger partial charge is 0.352 e. The number of hydrogen-bond donors (Lipinski definition) is 1. The molecule has 0 fully saturated rings. The van der Waals surface area contributed by atoms with Gasteiger partial charge in [0, 0.05) is 24.8 Å². The molecule has 0 spiro atoms. The van der Waals surface area contributed by atoms with E-state index < -0.39 is 0 Å². The number of benzene rings is 1. The van der Waals surface area contributed by atoms with Crippen molar-refractivity contribution >= 4 is 29.0 Å². The molecule has 1 aromatic heterocycles. The van der Waals surface area contributed by atoms with E-state index in [0.717, 1.165) is 22.0 Å². The monoisotopic (exact) mass is 309 g/mol. The van der Waals surface area contributed by atoms with Crippen LogP contribution in [0, 0.1) is 0 Å². The number of halogens is 2. The fraction of sp³-hybridized carbons (Fsp3) is 0.267. The van der Waals surface area contributed by atoms with Crippen molar-refractivity contribution in [2.45, 2.75) is 19.5 Å². The van der Waals surface area contributed by atoms with Gasteiger partial charge in [0.2, 0.25) is 0 Å². The van der Waals surface area contributed by atoms with Crippen LogP contribution in [0.3, 0.4) is 0 Å². The minimum absolute atomic E-state index is 0.130. The topological polar surface area (TPSA) is 42.2 Å². The number of nitrogens with two attached hydrogens (primary N) is 1. The molecule has 106 valence electrons. The molecule has 2 rings (SSSR count). The Hall–Kier alpha value is -1.29. The first-order valence-electron chi connectivity index (χ1n) is 6.36. The van der Waals surface area contributed by atoms with Gasteiger partial charge in [0.05, 0.1) is 11.1 Å². The average molecular weight is 310 g/mol. The van der Waals surface area contributed by atoms with Gasteiger partial charge in [-0.05, 0) is 36.2 Å². The molecule has 1 unspecified atom stereocenters. The van der Waals surface area contributed by atoms with E-state index in [-0.39, 0.29) is 6.04 Å². The molecule has 0 aliphatic rings. The maximum absolute atomic E-state index is 6.36. The quantitative estimate of drug-likeness (QED) is 0.926. The first-order chi connectivity index (χ1) is 9.54. The van der Waals surface area contributed by atoms with Crippen LogP contribution >= 0.6 is 23.2 Å². The molecule has 0 aliphatic carbocycles. The number of nitrogens with zero attached hydrogens (tertiary/aromatic N) is 2. The lowest BCUT2D eigenvalue weighted by atomic mass is 10.1. The van der Waals surface area contributed by atoms with Gasteiger partial charge in [-0.3, -0.25) is 0 Å². The molecule has 1 atom stereocenters. The Morgan fingerprint density at radius 2 is 1.85 bits per heavy atom. The molecule has 20 heavy (non-hydrogen) atoms. The second kappa shape index (κ2) is 6.44. The molecule has 1 aromatic carbocycles. The Kier molecular flexibility index (Phi) is 4.86. The van der Waals surface area contributed by atoms with Crippen molar-refractivity contribution in [1.82, 2.24) is 4.98 Å². The molecule has 0 amide bonds. The summed E-state index contributed by atoms with van der Waals surface area (Å²) in [5.41, 5.74) is 7.72. The summed E-state index contributed by atoms with van der Waals surface area (Å²) in [6, 6.07) is 9.74. The highest BCUT2D eigenvalue weighted by molar-refractivity contribution is 6.33. The summed E-state index contributed by atoms with van der Waals surface area (Å²) in [7, 11) is 1.97. The number of pyridine rings is 1. The van der Waals surface area contributed by atoms with E-state index in [4.69, 9.17) is 28.9 Å². The third-order valence-corrected chi connectivity index (χ3v) is 4.10. The van der Waals surface area contributed by atoms with Crippen molar-refractivity contribution in [3.8, 4) is 0 Å². The van der Waals surface area contributed by atoms with Gasteiger partial charge >= 0.3 is 0 Å². The summed E-state index contributed by atoms with van der Waals surface area (Å²) in [5, 5.41) is 1.34. The summed E-state index contributed by atoms with van der Waals surface area (Å²) in [6.45, 7) is 2.49. The van der Waals surface area contributed by atoms with Crippen molar-refractivity contribution in [2.75, 3.05) is 11.9 Å². The van der Waals surface area contributed by atoms with E-state index in [2.05, 4.69) is 11.9 Å². The Morgan fingerprint density at radius 3 is 2.45 bits per heavy atom. The molecule has 0 aliphatic heterocycles. The van der Waals surface area contributed by atoms with Crippen LogP contribution in [0.15, 0.2) is 36.5 Å². The van der Waals surface area contributed by atoms with Crippen molar-refractivity contribution in [1.29, 1.82) is 0 Å². The van der Waals surface area contributed by atoms with Crippen LogP contribution in [-0.4, -0.2) is 12.0 Å². The van der Waals surface area contributed by atoms with Gasteiger partial charge in [-0.2, -0.15) is 0 Å². The minimum atomic E-state index is 0.130. The minimum Gasteiger partial charge on any atom is -0.352 e. The van der Waals surface area contributed by atoms with Crippen molar-refractivity contribution < 1.29 is 0 Å². The summed E-state index contributed by atoms with van der Waals surface area (Å²) < 4.78 is 0. The maximum Gasteiger partial charge on any atom is 0.147 e. The smallest absolute Gasteiger partial charge is 0.147 e. The van der Waals surface area contributed by atoms with Gasteiger partial charge in [0.15, 0.2) is 0 Å². The average Bonchev–Trinajstić information content (AvgIpc) is 2.47. The van der Waals surface area contributed by atoms with Crippen LogP contribution in [0.4, 0.5) is 5.82 Å². The summed E-state index contributed by atoms with van der Waals surface area (Å²) >= 11 is 12.3. The Morgan fingerprint density at radius 1 is 1.20 bits per heavy atom. The zero-order chi connectivity index (χ0) is 14.7. The molecule has 0 saturated carbocycles. The van der Waals surface area contributed by atoms with E-state index in [9.17, 15) is 0 Å². The van der Waals surface area contributed by atoms with Gasteiger partial charge < -0.3 is 10.6 Å².